The number of aryl methyl sites for hydroxylation is 2. The molecule has 2 aromatic rings. The van der Waals surface area contributed by atoms with Crippen molar-refractivity contribution in [1.29, 1.82) is 0 Å². The minimum absolute atomic E-state index is 0.0946. The fraction of sp³-hybridized carbons (Fsp3) is 0.440. The van der Waals surface area contributed by atoms with Gasteiger partial charge in [-0.15, -0.1) is 0 Å². The number of nitrogens with one attached hydrogen (secondary N) is 1. The molecule has 164 valence electrons. The summed E-state index contributed by atoms with van der Waals surface area (Å²) in [4.78, 5) is 27.7. The zero-order valence-corrected chi connectivity index (χ0v) is 18.1. The second kappa shape index (κ2) is 9.96. The summed E-state index contributed by atoms with van der Waals surface area (Å²) in [6, 6.07) is 13.3. The number of fused-ring (bicyclic) bond motifs is 1. The lowest BCUT2D eigenvalue weighted by molar-refractivity contribution is -0.122. The molecular formula is C25H30N2O4. The predicted octanol–water partition coefficient (Wildman–Crippen LogP) is 3.83. The molecule has 1 saturated heterocycles. The van der Waals surface area contributed by atoms with Gasteiger partial charge in [0.05, 0.1) is 24.5 Å². The van der Waals surface area contributed by atoms with Crippen molar-refractivity contribution in [2.45, 2.75) is 45.1 Å². The lowest BCUT2D eigenvalue weighted by Gasteiger charge is -2.27. The molecule has 0 saturated carbocycles. The van der Waals surface area contributed by atoms with Crippen molar-refractivity contribution in [2.75, 3.05) is 31.6 Å². The first-order valence-corrected chi connectivity index (χ1v) is 11.2. The van der Waals surface area contributed by atoms with E-state index in [1.807, 2.05) is 25.1 Å². The molecule has 6 nitrogen and oxygen atoms in total. The second-order valence-corrected chi connectivity index (χ2v) is 8.09. The van der Waals surface area contributed by atoms with Gasteiger partial charge in [-0.3, -0.25) is 9.59 Å². The first-order chi connectivity index (χ1) is 15.2. The van der Waals surface area contributed by atoms with Crippen LogP contribution in [0.5, 0.6) is 5.75 Å². The van der Waals surface area contributed by atoms with Crippen LogP contribution in [0, 0.1) is 0 Å². The largest absolute Gasteiger partial charge is 0.481 e. The summed E-state index contributed by atoms with van der Waals surface area (Å²) in [5.74, 6) is 0.380. The lowest BCUT2D eigenvalue weighted by Crippen LogP contribution is -2.41. The number of benzene rings is 2. The van der Waals surface area contributed by atoms with E-state index in [1.54, 1.807) is 17.0 Å². The summed E-state index contributed by atoms with van der Waals surface area (Å²) >= 11 is 0. The summed E-state index contributed by atoms with van der Waals surface area (Å²) in [7, 11) is 0. The molecule has 1 aliphatic heterocycles. The Bertz CT molecular complexity index is 937. The van der Waals surface area contributed by atoms with Gasteiger partial charge in [-0.05, 0) is 67.5 Å². The summed E-state index contributed by atoms with van der Waals surface area (Å²) in [5, 5.41) is 2.92. The van der Waals surface area contributed by atoms with Crippen molar-refractivity contribution in [2.24, 2.45) is 0 Å². The maximum absolute atomic E-state index is 13.0. The average molecular weight is 423 g/mol. The van der Waals surface area contributed by atoms with Gasteiger partial charge in [-0.1, -0.05) is 25.1 Å². The molecule has 1 atom stereocenters. The molecule has 0 bridgehead atoms. The molecule has 6 heteroatoms. The third-order valence-corrected chi connectivity index (χ3v) is 5.98. The van der Waals surface area contributed by atoms with E-state index in [0.717, 1.165) is 18.6 Å². The van der Waals surface area contributed by atoms with Crippen LogP contribution in [0.4, 0.5) is 5.69 Å². The van der Waals surface area contributed by atoms with E-state index in [0.29, 0.717) is 44.0 Å². The van der Waals surface area contributed by atoms with Crippen molar-refractivity contribution in [3.05, 3.63) is 59.2 Å². The smallest absolute Gasteiger partial charge is 0.265 e. The summed E-state index contributed by atoms with van der Waals surface area (Å²) in [6.45, 7) is 4.10. The van der Waals surface area contributed by atoms with E-state index in [9.17, 15) is 9.59 Å². The Labute approximate surface area is 183 Å². The highest BCUT2D eigenvalue weighted by Crippen LogP contribution is 2.26. The zero-order chi connectivity index (χ0) is 21.6. The summed E-state index contributed by atoms with van der Waals surface area (Å²) in [5.41, 5.74) is 3.70. The van der Waals surface area contributed by atoms with Crippen molar-refractivity contribution in [1.82, 2.24) is 4.90 Å². The fourth-order valence-corrected chi connectivity index (χ4v) is 4.20. The van der Waals surface area contributed by atoms with Gasteiger partial charge >= 0.3 is 0 Å². The lowest BCUT2D eigenvalue weighted by atomic mass is 9.92. The number of hydrogen-bond donors (Lipinski definition) is 1. The summed E-state index contributed by atoms with van der Waals surface area (Å²) in [6.07, 6.45) is 4.50. The molecule has 0 unspecified atom stereocenters. The Morgan fingerprint density at radius 3 is 2.58 bits per heavy atom. The highest BCUT2D eigenvalue weighted by molar-refractivity contribution is 6.04. The third kappa shape index (κ3) is 5.07. The van der Waals surface area contributed by atoms with Gasteiger partial charge < -0.3 is 19.7 Å². The number of carbonyl (C=O) groups excluding carboxylic acids is 2. The first-order valence-electron chi connectivity index (χ1n) is 11.2. The number of morpholine rings is 1. The van der Waals surface area contributed by atoms with Gasteiger partial charge in [-0.2, -0.15) is 0 Å². The van der Waals surface area contributed by atoms with Crippen LogP contribution in [0.1, 0.15) is 47.7 Å². The highest BCUT2D eigenvalue weighted by atomic mass is 16.5. The van der Waals surface area contributed by atoms with Crippen LogP contribution in [0.25, 0.3) is 0 Å². The Balaban J connectivity index is 1.46. The highest BCUT2D eigenvalue weighted by Gasteiger charge is 2.24. The van der Waals surface area contributed by atoms with Gasteiger partial charge in [0.2, 0.25) is 0 Å². The molecule has 0 radical (unpaired) electrons. The Kier molecular flexibility index (Phi) is 6.87. The predicted molar refractivity (Wildman–Crippen MR) is 120 cm³/mol. The monoisotopic (exact) mass is 422 g/mol. The van der Waals surface area contributed by atoms with Gasteiger partial charge in [0, 0.05) is 13.1 Å². The average Bonchev–Trinajstić information content (AvgIpc) is 2.82. The van der Waals surface area contributed by atoms with Crippen molar-refractivity contribution in [3.8, 4) is 5.75 Å². The number of para-hydroxylation sites is 1. The van der Waals surface area contributed by atoms with Crippen LogP contribution in [0.3, 0.4) is 0 Å². The van der Waals surface area contributed by atoms with E-state index in [4.69, 9.17) is 9.47 Å². The standard InChI is InChI=1S/C25H30N2O4/c1-2-23(31-20-12-11-18-7-3-4-8-19(18)17-20)24(28)26-22-10-6-5-9-21(22)25(29)27-13-15-30-16-14-27/h5-6,9-12,17,23H,2-4,7-8,13-16H2,1H3,(H,26,28)/t23-/m0/s1. The Morgan fingerprint density at radius 1 is 1.06 bits per heavy atom. The molecule has 2 aromatic carbocycles. The molecule has 1 heterocycles. The molecule has 31 heavy (non-hydrogen) atoms. The number of anilines is 1. The molecule has 4 rings (SSSR count). The number of ether oxygens (including phenoxy) is 2. The van der Waals surface area contributed by atoms with Crippen LogP contribution in [0.15, 0.2) is 42.5 Å². The molecule has 1 aliphatic carbocycles. The third-order valence-electron chi connectivity index (χ3n) is 5.98. The van der Waals surface area contributed by atoms with Crippen LogP contribution in [-0.4, -0.2) is 49.1 Å². The number of hydrogen-bond acceptors (Lipinski definition) is 4. The molecule has 2 amide bonds. The van der Waals surface area contributed by atoms with Gasteiger partial charge in [-0.25, -0.2) is 0 Å². The molecule has 1 fully saturated rings. The topological polar surface area (TPSA) is 67.9 Å². The van der Waals surface area contributed by atoms with E-state index in [1.165, 1.54) is 24.0 Å². The van der Waals surface area contributed by atoms with Crippen molar-refractivity contribution in [3.63, 3.8) is 0 Å². The van der Waals surface area contributed by atoms with Crippen molar-refractivity contribution < 1.29 is 19.1 Å². The molecule has 0 aromatic heterocycles. The minimum atomic E-state index is -0.631. The SMILES string of the molecule is CC[C@H](Oc1ccc2c(c1)CCCC2)C(=O)Nc1ccccc1C(=O)N1CCOCC1. The van der Waals surface area contributed by atoms with E-state index < -0.39 is 6.10 Å². The van der Waals surface area contributed by atoms with Gasteiger partial charge in [0.15, 0.2) is 6.10 Å². The van der Waals surface area contributed by atoms with E-state index in [2.05, 4.69) is 17.4 Å². The maximum atomic E-state index is 13.0. The van der Waals surface area contributed by atoms with E-state index in [-0.39, 0.29) is 11.8 Å². The van der Waals surface area contributed by atoms with Gasteiger partial charge in [0.1, 0.15) is 5.75 Å². The summed E-state index contributed by atoms with van der Waals surface area (Å²) < 4.78 is 11.4. The fourth-order valence-electron chi connectivity index (χ4n) is 4.20. The first kappa shape index (κ1) is 21.4. The minimum Gasteiger partial charge on any atom is -0.481 e. The molecule has 2 aliphatic rings. The number of rotatable bonds is 6. The second-order valence-electron chi connectivity index (χ2n) is 8.09. The van der Waals surface area contributed by atoms with E-state index >= 15 is 0 Å². The van der Waals surface area contributed by atoms with Crippen LogP contribution >= 0.6 is 0 Å². The number of nitrogens with zero attached hydrogens (tertiary/aromatic N) is 1. The quantitative estimate of drug-likeness (QED) is 0.768. The Hall–Kier alpha value is -2.86. The molecule has 1 N–H and O–H groups in total. The molecular weight excluding hydrogens is 392 g/mol. The van der Waals surface area contributed by atoms with Crippen LogP contribution in [-0.2, 0) is 22.4 Å². The van der Waals surface area contributed by atoms with Crippen LogP contribution < -0.4 is 10.1 Å². The van der Waals surface area contributed by atoms with Gasteiger partial charge in [0.25, 0.3) is 11.8 Å². The maximum Gasteiger partial charge on any atom is 0.265 e. The Morgan fingerprint density at radius 2 is 1.81 bits per heavy atom. The number of carbonyl (C=O) groups is 2. The zero-order valence-electron chi connectivity index (χ0n) is 18.1. The normalized spacial score (nSPS) is 16.9. The molecule has 0 spiro atoms. The number of amides is 2. The van der Waals surface area contributed by atoms with Crippen LogP contribution in [0.2, 0.25) is 0 Å². The van der Waals surface area contributed by atoms with Crippen molar-refractivity contribution >= 4 is 17.5 Å².